The molecule has 1 spiro atoms. The quantitative estimate of drug-likeness (QED) is 0.597. The predicted octanol–water partition coefficient (Wildman–Crippen LogP) is 0.938. The minimum absolute atomic E-state index is 0.789. The summed E-state index contributed by atoms with van der Waals surface area (Å²) in [6.07, 6.45) is 4.47. The highest BCUT2D eigenvalue weighted by molar-refractivity contribution is 5.08. The van der Waals surface area contributed by atoms with E-state index in [2.05, 4.69) is 17.3 Å². The van der Waals surface area contributed by atoms with Crippen molar-refractivity contribution >= 4 is 0 Å². The van der Waals surface area contributed by atoms with Crippen molar-refractivity contribution in [3.05, 3.63) is 0 Å². The van der Waals surface area contributed by atoms with Crippen molar-refractivity contribution in [2.45, 2.75) is 19.3 Å². The Morgan fingerprint density at radius 2 is 1.77 bits per heavy atom. The number of piperidine rings is 3. The number of rotatable bonds is 0. The van der Waals surface area contributed by atoms with Gasteiger partial charge >= 0.3 is 0 Å². The predicted molar refractivity (Wildman–Crippen MR) is 53.6 cm³/mol. The fourth-order valence-electron chi connectivity index (χ4n) is 3.84. The summed E-state index contributed by atoms with van der Waals surface area (Å²) >= 11 is 0. The van der Waals surface area contributed by atoms with Crippen LogP contribution in [-0.4, -0.2) is 38.1 Å². The Hall–Kier alpha value is -0.0800. The Morgan fingerprint density at radius 1 is 1.15 bits per heavy atom. The van der Waals surface area contributed by atoms with Gasteiger partial charge in [-0.3, -0.25) is 0 Å². The molecule has 2 heterocycles. The van der Waals surface area contributed by atoms with Crippen molar-refractivity contribution in [1.29, 1.82) is 0 Å². The lowest BCUT2D eigenvalue weighted by atomic mass is 9.47. The largest absolute Gasteiger partial charge is 0.316 e. The topological polar surface area (TPSA) is 15.3 Å². The van der Waals surface area contributed by atoms with Crippen LogP contribution < -0.4 is 5.32 Å². The summed E-state index contributed by atoms with van der Waals surface area (Å²) in [5.74, 6) is 2.06. The standard InChI is InChI=1S/C11H20N2/c1-13-4-2-11(3-5-13)9-6-10(11)8-12-7-9/h9-10,12H,2-8H2,1H3. The van der Waals surface area contributed by atoms with Crippen LogP contribution in [0.5, 0.6) is 0 Å². The fraction of sp³-hybridized carbons (Fsp3) is 1.00. The Kier molecular flexibility index (Phi) is 1.72. The molecule has 0 amide bonds. The lowest BCUT2D eigenvalue weighted by Gasteiger charge is -2.62. The van der Waals surface area contributed by atoms with E-state index in [4.69, 9.17) is 0 Å². The summed E-state index contributed by atoms with van der Waals surface area (Å²) < 4.78 is 0. The van der Waals surface area contributed by atoms with Gasteiger partial charge in [-0.1, -0.05) is 0 Å². The average molecular weight is 180 g/mol. The zero-order valence-corrected chi connectivity index (χ0v) is 8.55. The van der Waals surface area contributed by atoms with E-state index in [1.807, 2.05) is 0 Å². The maximum absolute atomic E-state index is 3.55. The van der Waals surface area contributed by atoms with Crippen LogP contribution in [0.1, 0.15) is 19.3 Å². The van der Waals surface area contributed by atoms with Crippen LogP contribution in [0.25, 0.3) is 0 Å². The molecular formula is C11H20N2. The van der Waals surface area contributed by atoms with Gasteiger partial charge in [-0.25, -0.2) is 0 Å². The van der Waals surface area contributed by atoms with Crippen molar-refractivity contribution in [2.24, 2.45) is 17.3 Å². The van der Waals surface area contributed by atoms with Gasteiger partial charge in [-0.05, 0) is 69.7 Å². The van der Waals surface area contributed by atoms with Crippen LogP contribution in [-0.2, 0) is 0 Å². The van der Waals surface area contributed by atoms with Gasteiger partial charge in [0.15, 0.2) is 0 Å². The Morgan fingerprint density at radius 3 is 2.31 bits per heavy atom. The highest BCUT2D eigenvalue weighted by atomic mass is 15.1. The molecule has 1 aliphatic carbocycles. The summed E-state index contributed by atoms with van der Waals surface area (Å²) in [5.41, 5.74) is 0.789. The molecular weight excluding hydrogens is 160 g/mol. The molecule has 2 atom stereocenters. The molecule has 13 heavy (non-hydrogen) atoms. The van der Waals surface area contributed by atoms with E-state index in [9.17, 15) is 0 Å². The fourth-order valence-corrected chi connectivity index (χ4v) is 3.84. The van der Waals surface area contributed by atoms with E-state index in [-0.39, 0.29) is 0 Å². The van der Waals surface area contributed by atoms with Gasteiger partial charge in [0.1, 0.15) is 0 Å². The van der Waals surface area contributed by atoms with Crippen LogP contribution in [0.3, 0.4) is 0 Å². The van der Waals surface area contributed by atoms with Crippen molar-refractivity contribution < 1.29 is 0 Å². The van der Waals surface area contributed by atoms with Gasteiger partial charge in [-0.15, -0.1) is 0 Å². The van der Waals surface area contributed by atoms with Gasteiger partial charge in [-0.2, -0.15) is 0 Å². The Labute approximate surface area is 80.7 Å². The zero-order chi connectivity index (χ0) is 8.89. The number of nitrogens with zero attached hydrogens (tertiary/aromatic N) is 1. The Balaban J connectivity index is 1.75. The molecule has 0 aromatic carbocycles. The van der Waals surface area contributed by atoms with Gasteiger partial charge in [0, 0.05) is 0 Å². The summed E-state index contributed by atoms with van der Waals surface area (Å²) in [6, 6.07) is 0. The highest BCUT2D eigenvalue weighted by Crippen LogP contribution is 2.58. The van der Waals surface area contributed by atoms with Gasteiger partial charge in [0.25, 0.3) is 0 Å². The molecule has 0 aromatic heterocycles. The zero-order valence-electron chi connectivity index (χ0n) is 8.55. The van der Waals surface area contributed by atoms with E-state index in [0.29, 0.717) is 0 Å². The van der Waals surface area contributed by atoms with E-state index in [0.717, 1.165) is 17.3 Å². The molecule has 3 aliphatic rings. The van der Waals surface area contributed by atoms with Crippen molar-refractivity contribution in [2.75, 3.05) is 33.2 Å². The maximum atomic E-state index is 3.55. The molecule has 3 rings (SSSR count). The molecule has 2 aliphatic heterocycles. The molecule has 1 saturated carbocycles. The summed E-state index contributed by atoms with van der Waals surface area (Å²) in [4.78, 5) is 2.49. The van der Waals surface area contributed by atoms with E-state index in [1.165, 1.54) is 45.4 Å². The van der Waals surface area contributed by atoms with Gasteiger partial charge in [0.05, 0.1) is 0 Å². The third-order valence-electron chi connectivity index (χ3n) is 4.89. The van der Waals surface area contributed by atoms with E-state index in [1.54, 1.807) is 0 Å². The van der Waals surface area contributed by atoms with Crippen molar-refractivity contribution in [3.63, 3.8) is 0 Å². The van der Waals surface area contributed by atoms with Gasteiger partial charge in [0.2, 0.25) is 0 Å². The monoisotopic (exact) mass is 180 g/mol. The van der Waals surface area contributed by atoms with Crippen molar-refractivity contribution in [1.82, 2.24) is 10.2 Å². The molecule has 1 N–H and O–H groups in total. The molecule has 2 saturated heterocycles. The Bertz CT molecular complexity index is 190. The highest BCUT2D eigenvalue weighted by Gasteiger charge is 2.56. The minimum atomic E-state index is 0.789. The van der Waals surface area contributed by atoms with Crippen LogP contribution in [0.15, 0.2) is 0 Å². The third kappa shape index (κ3) is 1.02. The first-order valence-corrected chi connectivity index (χ1v) is 5.70. The lowest BCUT2D eigenvalue weighted by molar-refractivity contribution is -0.116. The van der Waals surface area contributed by atoms with Crippen LogP contribution in [0, 0.1) is 17.3 Å². The summed E-state index contributed by atoms with van der Waals surface area (Å²) in [5, 5.41) is 3.55. The van der Waals surface area contributed by atoms with Crippen LogP contribution in [0.4, 0.5) is 0 Å². The van der Waals surface area contributed by atoms with E-state index < -0.39 is 0 Å². The second-order valence-electron chi connectivity index (χ2n) is 5.32. The second kappa shape index (κ2) is 2.71. The first-order chi connectivity index (χ1) is 6.31. The average Bonchev–Trinajstić information content (AvgIpc) is 2.20. The first-order valence-electron chi connectivity index (χ1n) is 5.70. The molecule has 2 heteroatoms. The van der Waals surface area contributed by atoms with Crippen LogP contribution in [0.2, 0.25) is 0 Å². The normalized spacial score (nSPS) is 43.2. The smallest absolute Gasteiger partial charge is 0.00148 e. The number of likely N-dealkylation sites (tertiary alicyclic amines) is 1. The second-order valence-corrected chi connectivity index (χ2v) is 5.32. The first kappa shape index (κ1) is 8.25. The lowest BCUT2D eigenvalue weighted by Crippen LogP contribution is -2.64. The SMILES string of the molecule is CN1CCC2(CC1)C1CNCC2C1. The summed E-state index contributed by atoms with van der Waals surface area (Å²) in [6.45, 7) is 5.29. The molecule has 2 unspecified atom stereocenters. The van der Waals surface area contributed by atoms with Gasteiger partial charge < -0.3 is 10.2 Å². The molecule has 0 radical (unpaired) electrons. The molecule has 2 nitrogen and oxygen atoms in total. The van der Waals surface area contributed by atoms with Crippen LogP contribution >= 0.6 is 0 Å². The number of nitrogens with one attached hydrogen (secondary N) is 1. The van der Waals surface area contributed by atoms with E-state index >= 15 is 0 Å². The number of hydrogen-bond acceptors (Lipinski definition) is 2. The molecule has 0 aromatic rings. The third-order valence-corrected chi connectivity index (χ3v) is 4.89. The summed E-state index contributed by atoms with van der Waals surface area (Å²) in [7, 11) is 2.26. The molecule has 3 fully saturated rings. The minimum Gasteiger partial charge on any atom is -0.316 e. The number of hydrogen-bond donors (Lipinski definition) is 1. The maximum Gasteiger partial charge on any atom is -0.00148 e. The molecule has 2 bridgehead atoms. The molecule has 74 valence electrons. The van der Waals surface area contributed by atoms with Crippen molar-refractivity contribution in [3.8, 4) is 0 Å².